The molecule has 0 aliphatic carbocycles. The summed E-state index contributed by atoms with van der Waals surface area (Å²) in [6, 6.07) is 0. The van der Waals surface area contributed by atoms with E-state index in [2.05, 4.69) is 40.1 Å². The molecule has 0 saturated carbocycles. The molecule has 0 bridgehead atoms. The zero-order chi connectivity index (χ0) is 10.7. The minimum Gasteiger partial charge on any atom is -0.330 e. The van der Waals surface area contributed by atoms with Crippen molar-refractivity contribution in [2.75, 3.05) is 6.54 Å². The molecule has 0 amide bonds. The highest BCUT2D eigenvalue weighted by molar-refractivity contribution is 9.10. The van der Waals surface area contributed by atoms with Gasteiger partial charge in [0.1, 0.15) is 0 Å². The summed E-state index contributed by atoms with van der Waals surface area (Å²) in [5.74, 6) is 0.974. The van der Waals surface area contributed by atoms with Gasteiger partial charge in [-0.3, -0.25) is 4.68 Å². The van der Waals surface area contributed by atoms with Gasteiger partial charge >= 0.3 is 0 Å². The fourth-order valence-electron chi connectivity index (χ4n) is 1.70. The molecule has 0 aliphatic heterocycles. The quantitative estimate of drug-likeness (QED) is 0.896. The minimum absolute atomic E-state index is 0.425. The van der Waals surface area contributed by atoms with Crippen LogP contribution >= 0.6 is 15.9 Å². The average Bonchev–Trinajstić information content (AvgIpc) is 2.43. The molecular weight excluding hydrogens is 244 g/mol. The Morgan fingerprint density at radius 3 is 2.50 bits per heavy atom. The van der Waals surface area contributed by atoms with Crippen LogP contribution in [0, 0.1) is 5.92 Å². The van der Waals surface area contributed by atoms with Gasteiger partial charge in [-0.05, 0) is 34.8 Å². The van der Waals surface area contributed by atoms with E-state index in [4.69, 9.17) is 5.73 Å². The molecule has 0 saturated heterocycles. The second-order valence-electron chi connectivity index (χ2n) is 3.82. The van der Waals surface area contributed by atoms with Crippen molar-refractivity contribution in [1.29, 1.82) is 0 Å². The van der Waals surface area contributed by atoms with Crippen LogP contribution in [0.3, 0.4) is 0 Å². The second kappa shape index (κ2) is 4.89. The lowest BCUT2D eigenvalue weighted by Crippen LogP contribution is -2.16. The van der Waals surface area contributed by atoms with E-state index in [-0.39, 0.29) is 0 Å². The van der Waals surface area contributed by atoms with Crippen LogP contribution in [0.15, 0.2) is 4.60 Å². The van der Waals surface area contributed by atoms with Gasteiger partial charge in [0, 0.05) is 13.0 Å². The molecule has 1 rings (SSSR count). The lowest BCUT2D eigenvalue weighted by Gasteiger charge is -2.20. The van der Waals surface area contributed by atoms with Crippen molar-refractivity contribution in [1.82, 2.24) is 15.0 Å². The normalized spacial score (nSPS) is 13.6. The van der Waals surface area contributed by atoms with Gasteiger partial charge in [-0.25, -0.2) is 0 Å². The first-order chi connectivity index (χ1) is 6.57. The van der Waals surface area contributed by atoms with Crippen LogP contribution in [-0.4, -0.2) is 21.5 Å². The van der Waals surface area contributed by atoms with Gasteiger partial charge in [-0.2, -0.15) is 0 Å². The first-order valence-corrected chi connectivity index (χ1v) is 5.62. The van der Waals surface area contributed by atoms with Crippen molar-refractivity contribution < 1.29 is 0 Å². The van der Waals surface area contributed by atoms with Gasteiger partial charge in [-0.15, -0.1) is 5.10 Å². The lowest BCUT2D eigenvalue weighted by molar-refractivity contribution is 0.443. The third kappa shape index (κ3) is 2.33. The van der Waals surface area contributed by atoms with Gasteiger partial charge < -0.3 is 5.73 Å². The fourth-order valence-corrected chi connectivity index (χ4v) is 2.32. The van der Waals surface area contributed by atoms with Crippen LogP contribution in [0.1, 0.15) is 31.9 Å². The average molecular weight is 261 g/mol. The number of rotatable bonds is 4. The van der Waals surface area contributed by atoms with Crippen LogP contribution in [0.2, 0.25) is 0 Å². The Hall–Kier alpha value is -0.420. The molecule has 0 radical (unpaired) electrons. The molecule has 1 atom stereocenters. The number of hydrogen-bond acceptors (Lipinski definition) is 3. The van der Waals surface area contributed by atoms with E-state index in [9.17, 15) is 0 Å². The van der Waals surface area contributed by atoms with Gasteiger partial charge in [0.05, 0.1) is 5.69 Å². The van der Waals surface area contributed by atoms with E-state index in [0.29, 0.717) is 18.4 Å². The first-order valence-electron chi connectivity index (χ1n) is 4.83. The second-order valence-corrected chi connectivity index (χ2v) is 4.57. The predicted molar refractivity (Wildman–Crippen MR) is 60.0 cm³/mol. The molecule has 5 heteroatoms. The Kier molecular flexibility index (Phi) is 4.07. The number of aryl methyl sites for hydroxylation is 1. The maximum absolute atomic E-state index is 5.61. The molecule has 4 nitrogen and oxygen atoms in total. The number of nitrogens with two attached hydrogens (primary N) is 1. The van der Waals surface area contributed by atoms with Crippen LogP contribution < -0.4 is 5.73 Å². The largest absolute Gasteiger partial charge is 0.330 e. The summed E-state index contributed by atoms with van der Waals surface area (Å²) in [4.78, 5) is 0. The van der Waals surface area contributed by atoms with Gasteiger partial charge in [0.15, 0.2) is 4.60 Å². The molecule has 0 aromatic carbocycles. The molecule has 14 heavy (non-hydrogen) atoms. The van der Waals surface area contributed by atoms with Crippen LogP contribution in [0.5, 0.6) is 0 Å². The molecule has 0 aliphatic rings. The SMILES string of the molecule is CC(C)C(CCN)c1c(Br)nnn1C. The standard InChI is InChI=1S/C9H17BrN4/c1-6(2)7(4-5-11)8-9(10)12-13-14(8)3/h6-7H,4-5,11H2,1-3H3. The van der Waals surface area contributed by atoms with Crippen molar-refractivity contribution >= 4 is 15.9 Å². The van der Waals surface area contributed by atoms with Crippen LogP contribution in [-0.2, 0) is 7.05 Å². The van der Waals surface area contributed by atoms with E-state index in [0.717, 1.165) is 16.7 Å². The van der Waals surface area contributed by atoms with E-state index in [1.807, 2.05) is 11.7 Å². The Morgan fingerprint density at radius 2 is 2.14 bits per heavy atom. The van der Waals surface area contributed by atoms with Gasteiger partial charge in [0.25, 0.3) is 0 Å². The van der Waals surface area contributed by atoms with Crippen LogP contribution in [0.25, 0.3) is 0 Å². The van der Waals surface area contributed by atoms with Gasteiger partial charge in [0.2, 0.25) is 0 Å². The number of halogens is 1. The zero-order valence-corrected chi connectivity index (χ0v) is 10.5. The zero-order valence-electron chi connectivity index (χ0n) is 8.87. The highest BCUT2D eigenvalue weighted by atomic mass is 79.9. The van der Waals surface area contributed by atoms with Gasteiger partial charge in [-0.1, -0.05) is 19.1 Å². The number of nitrogens with zero attached hydrogens (tertiary/aromatic N) is 3. The molecular formula is C9H17BrN4. The lowest BCUT2D eigenvalue weighted by atomic mass is 9.90. The monoisotopic (exact) mass is 260 g/mol. The molecule has 1 aromatic rings. The van der Waals surface area contributed by atoms with Crippen molar-refractivity contribution in [2.45, 2.75) is 26.2 Å². The maximum Gasteiger partial charge on any atom is 0.151 e. The Morgan fingerprint density at radius 1 is 1.50 bits per heavy atom. The predicted octanol–water partition coefficient (Wildman–Crippen LogP) is 1.67. The third-order valence-corrected chi connectivity index (χ3v) is 3.03. The van der Waals surface area contributed by atoms with E-state index in [1.165, 1.54) is 0 Å². The summed E-state index contributed by atoms with van der Waals surface area (Å²) in [5, 5.41) is 7.97. The maximum atomic E-state index is 5.61. The van der Waals surface area contributed by atoms with Crippen LogP contribution in [0.4, 0.5) is 0 Å². The minimum atomic E-state index is 0.425. The highest BCUT2D eigenvalue weighted by Crippen LogP contribution is 2.30. The number of hydrogen-bond donors (Lipinski definition) is 1. The summed E-state index contributed by atoms with van der Waals surface area (Å²) in [6.07, 6.45) is 0.970. The van der Waals surface area contributed by atoms with Crippen molar-refractivity contribution in [3.63, 3.8) is 0 Å². The smallest absolute Gasteiger partial charge is 0.151 e. The molecule has 1 aromatic heterocycles. The van der Waals surface area contributed by atoms with Crippen molar-refractivity contribution in [3.05, 3.63) is 10.3 Å². The summed E-state index contributed by atoms with van der Waals surface area (Å²) < 4.78 is 2.66. The van der Waals surface area contributed by atoms with E-state index >= 15 is 0 Å². The third-order valence-electron chi connectivity index (χ3n) is 2.46. The Balaban J connectivity index is 2.98. The molecule has 0 spiro atoms. The Bertz CT molecular complexity index is 276. The topological polar surface area (TPSA) is 56.7 Å². The number of aromatic nitrogens is 3. The highest BCUT2D eigenvalue weighted by Gasteiger charge is 2.22. The summed E-state index contributed by atoms with van der Waals surface area (Å²) in [5.41, 5.74) is 6.75. The molecule has 1 heterocycles. The molecule has 80 valence electrons. The van der Waals surface area contributed by atoms with Crippen molar-refractivity contribution in [3.8, 4) is 0 Å². The summed E-state index contributed by atoms with van der Waals surface area (Å²) >= 11 is 3.42. The molecule has 2 N–H and O–H groups in total. The molecule has 0 fully saturated rings. The van der Waals surface area contributed by atoms with E-state index in [1.54, 1.807) is 0 Å². The summed E-state index contributed by atoms with van der Waals surface area (Å²) in [7, 11) is 1.92. The Labute approximate surface area is 93.0 Å². The summed E-state index contributed by atoms with van der Waals surface area (Å²) in [6.45, 7) is 5.08. The first kappa shape index (κ1) is 11.7. The van der Waals surface area contributed by atoms with E-state index < -0.39 is 0 Å². The molecule has 1 unspecified atom stereocenters. The fraction of sp³-hybridized carbons (Fsp3) is 0.778. The van der Waals surface area contributed by atoms with Crippen molar-refractivity contribution in [2.24, 2.45) is 18.7 Å².